The van der Waals surface area contributed by atoms with Gasteiger partial charge in [-0.05, 0) is 34.1 Å². The number of hydrogen-bond donors (Lipinski definition) is 2. The van der Waals surface area contributed by atoms with Crippen LogP contribution in [0.4, 0.5) is 5.69 Å². The zero-order chi connectivity index (χ0) is 14.8. The molecular weight excluding hydrogens is 334 g/mol. The van der Waals surface area contributed by atoms with Gasteiger partial charge in [0.15, 0.2) is 0 Å². The molecule has 1 heterocycles. The number of anilines is 1. The summed E-state index contributed by atoms with van der Waals surface area (Å²) in [6, 6.07) is 14.3. The number of rotatable bonds is 2. The van der Waals surface area contributed by atoms with Gasteiger partial charge in [0.1, 0.15) is 5.69 Å². The van der Waals surface area contributed by atoms with E-state index in [2.05, 4.69) is 31.2 Å². The average molecular weight is 344 g/mol. The smallest absolute Gasteiger partial charge is 0.320 e. The highest BCUT2D eigenvalue weighted by molar-refractivity contribution is 9.10. The van der Waals surface area contributed by atoms with Crippen molar-refractivity contribution >= 4 is 38.4 Å². The normalized spacial score (nSPS) is 10.5. The monoisotopic (exact) mass is 343 g/mol. The van der Waals surface area contributed by atoms with Gasteiger partial charge in [0.2, 0.25) is 0 Å². The van der Waals surface area contributed by atoms with Crippen LogP contribution in [-0.2, 0) is 0 Å². The van der Waals surface area contributed by atoms with E-state index in [9.17, 15) is 9.59 Å². The molecule has 2 aromatic carbocycles. The molecule has 0 saturated carbocycles. The summed E-state index contributed by atoms with van der Waals surface area (Å²) < 4.78 is 0.757. The quantitative estimate of drug-likeness (QED) is 0.751. The van der Waals surface area contributed by atoms with Crippen LogP contribution in [0.1, 0.15) is 10.5 Å². The Morgan fingerprint density at radius 2 is 1.81 bits per heavy atom. The largest absolute Gasteiger partial charge is 0.346 e. The standard InChI is InChI=1S/C15H10BrN3O2/c16-10-6-2-4-8-12(10)17-14(20)13-9-5-1-3-7-11(9)18-15(21)19-13/h1-8H,(H,17,20)(H,18,19,21). The van der Waals surface area contributed by atoms with Gasteiger partial charge in [-0.2, -0.15) is 4.98 Å². The molecule has 0 saturated heterocycles. The highest BCUT2D eigenvalue weighted by Gasteiger charge is 2.14. The zero-order valence-corrected chi connectivity index (χ0v) is 12.3. The van der Waals surface area contributed by atoms with Crippen molar-refractivity contribution in [1.29, 1.82) is 0 Å². The lowest BCUT2D eigenvalue weighted by Crippen LogP contribution is -2.21. The molecule has 3 rings (SSSR count). The highest BCUT2D eigenvalue weighted by Crippen LogP contribution is 2.22. The number of aromatic amines is 1. The number of amides is 1. The fourth-order valence-electron chi connectivity index (χ4n) is 2.02. The Kier molecular flexibility index (Phi) is 3.53. The Morgan fingerprint density at radius 1 is 1.10 bits per heavy atom. The van der Waals surface area contributed by atoms with E-state index in [4.69, 9.17) is 0 Å². The van der Waals surface area contributed by atoms with E-state index in [-0.39, 0.29) is 5.69 Å². The second kappa shape index (κ2) is 5.49. The first kappa shape index (κ1) is 13.5. The Labute approximate surface area is 128 Å². The predicted molar refractivity (Wildman–Crippen MR) is 84.5 cm³/mol. The second-order valence-corrected chi connectivity index (χ2v) is 5.22. The number of halogens is 1. The minimum atomic E-state index is -0.550. The molecule has 0 aliphatic heterocycles. The van der Waals surface area contributed by atoms with Gasteiger partial charge >= 0.3 is 5.69 Å². The molecule has 1 amide bonds. The maximum Gasteiger partial charge on any atom is 0.346 e. The third kappa shape index (κ3) is 2.71. The van der Waals surface area contributed by atoms with Gasteiger partial charge in [-0.1, -0.05) is 30.3 Å². The van der Waals surface area contributed by atoms with Crippen molar-refractivity contribution in [1.82, 2.24) is 9.97 Å². The fraction of sp³-hybridized carbons (Fsp3) is 0. The lowest BCUT2D eigenvalue weighted by atomic mass is 10.2. The molecule has 0 aliphatic rings. The third-order valence-corrected chi connectivity index (χ3v) is 3.67. The number of H-pyrrole nitrogens is 1. The Balaban J connectivity index is 2.06. The number of carbonyl (C=O) groups excluding carboxylic acids is 1. The topological polar surface area (TPSA) is 74.8 Å². The first-order valence-electron chi connectivity index (χ1n) is 6.20. The van der Waals surface area contributed by atoms with Gasteiger partial charge in [-0.25, -0.2) is 4.79 Å². The molecule has 21 heavy (non-hydrogen) atoms. The first-order chi connectivity index (χ1) is 10.1. The van der Waals surface area contributed by atoms with E-state index >= 15 is 0 Å². The molecule has 0 atom stereocenters. The molecular formula is C15H10BrN3O2. The average Bonchev–Trinajstić information content (AvgIpc) is 2.48. The molecule has 104 valence electrons. The van der Waals surface area contributed by atoms with E-state index in [1.165, 1.54) is 0 Å². The van der Waals surface area contributed by atoms with Crippen LogP contribution in [0.15, 0.2) is 57.8 Å². The van der Waals surface area contributed by atoms with Crippen LogP contribution in [0, 0.1) is 0 Å². The lowest BCUT2D eigenvalue weighted by molar-refractivity contribution is 0.102. The minimum absolute atomic E-state index is 0.102. The van der Waals surface area contributed by atoms with Crippen LogP contribution in [0.25, 0.3) is 10.9 Å². The molecule has 2 N–H and O–H groups in total. The zero-order valence-electron chi connectivity index (χ0n) is 10.8. The number of nitrogens with one attached hydrogen (secondary N) is 2. The van der Waals surface area contributed by atoms with Gasteiger partial charge in [0, 0.05) is 9.86 Å². The van der Waals surface area contributed by atoms with Gasteiger partial charge < -0.3 is 10.3 Å². The number of para-hydroxylation sites is 2. The van der Waals surface area contributed by atoms with Crippen molar-refractivity contribution in [3.05, 3.63) is 69.2 Å². The van der Waals surface area contributed by atoms with E-state index in [0.29, 0.717) is 16.6 Å². The van der Waals surface area contributed by atoms with Crippen LogP contribution in [0.3, 0.4) is 0 Å². The number of nitrogens with zero attached hydrogens (tertiary/aromatic N) is 1. The molecule has 0 radical (unpaired) electrons. The summed E-state index contributed by atoms with van der Waals surface area (Å²) in [5.41, 5.74) is 0.750. The Morgan fingerprint density at radius 3 is 2.62 bits per heavy atom. The molecule has 0 unspecified atom stereocenters. The fourth-order valence-corrected chi connectivity index (χ4v) is 2.40. The number of aromatic nitrogens is 2. The maximum absolute atomic E-state index is 12.4. The Hall–Kier alpha value is -2.47. The lowest BCUT2D eigenvalue weighted by Gasteiger charge is -2.08. The van der Waals surface area contributed by atoms with Crippen molar-refractivity contribution in [2.45, 2.75) is 0 Å². The van der Waals surface area contributed by atoms with E-state index in [0.717, 1.165) is 4.47 Å². The van der Waals surface area contributed by atoms with E-state index in [1.807, 2.05) is 18.2 Å². The van der Waals surface area contributed by atoms with Gasteiger partial charge in [0.05, 0.1) is 11.2 Å². The Bertz CT molecular complexity index is 889. The third-order valence-electron chi connectivity index (χ3n) is 2.97. The maximum atomic E-state index is 12.4. The number of fused-ring (bicyclic) bond motifs is 1. The van der Waals surface area contributed by atoms with E-state index < -0.39 is 11.6 Å². The molecule has 6 heteroatoms. The molecule has 3 aromatic rings. The highest BCUT2D eigenvalue weighted by atomic mass is 79.9. The molecule has 0 spiro atoms. The summed E-state index contributed by atoms with van der Waals surface area (Å²) in [5, 5.41) is 3.34. The number of benzene rings is 2. The van der Waals surface area contributed by atoms with Gasteiger partial charge in [0.25, 0.3) is 5.91 Å². The molecule has 0 fully saturated rings. The SMILES string of the molecule is O=C(Nc1ccccc1Br)c1nc(=O)[nH]c2ccccc12. The van der Waals surface area contributed by atoms with Crippen LogP contribution in [-0.4, -0.2) is 15.9 Å². The summed E-state index contributed by atoms with van der Waals surface area (Å²) >= 11 is 3.36. The van der Waals surface area contributed by atoms with Crippen LogP contribution < -0.4 is 11.0 Å². The molecule has 0 aliphatic carbocycles. The van der Waals surface area contributed by atoms with Crippen molar-refractivity contribution < 1.29 is 4.79 Å². The predicted octanol–water partition coefficient (Wildman–Crippen LogP) is 2.94. The second-order valence-electron chi connectivity index (χ2n) is 4.37. The molecule has 0 bridgehead atoms. The number of carbonyl (C=O) groups is 1. The summed E-state index contributed by atoms with van der Waals surface area (Å²) in [5.74, 6) is -0.427. The van der Waals surface area contributed by atoms with Crippen molar-refractivity contribution in [2.24, 2.45) is 0 Å². The summed E-state index contributed by atoms with van der Waals surface area (Å²) in [7, 11) is 0. The van der Waals surface area contributed by atoms with E-state index in [1.54, 1.807) is 30.3 Å². The first-order valence-corrected chi connectivity index (χ1v) is 6.99. The number of hydrogen-bond acceptors (Lipinski definition) is 3. The summed E-state index contributed by atoms with van der Waals surface area (Å²) in [6.45, 7) is 0. The van der Waals surface area contributed by atoms with Crippen molar-refractivity contribution in [2.75, 3.05) is 5.32 Å². The summed E-state index contributed by atoms with van der Waals surface area (Å²) in [6.07, 6.45) is 0. The van der Waals surface area contributed by atoms with Crippen LogP contribution in [0.2, 0.25) is 0 Å². The van der Waals surface area contributed by atoms with Crippen LogP contribution in [0.5, 0.6) is 0 Å². The van der Waals surface area contributed by atoms with Crippen LogP contribution >= 0.6 is 15.9 Å². The molecule has 5 nitrogen and oxygen atoms in total. The van der Waals surface area contributed by atoms with Gasteiger partial charge in [-0.3, -0.25) is 4.79 Å². The summed E-state index contributed by atoms with van der Waals surface area (Å²) in [4.78, 5) is 30.4. The van der Waals surface area contributed by atoms with Crippen molar-refractivity contribution in [3.63, 3.8) is 0 Å². The van der Waals surface area contributed by atoms with Gasteiger partial charge in [-0.15, -0.1) is 0 Å². The molecule has 1 aromatic heterocycles. The van der Waals surface area contributed by atoms with Crippen molar-refractivity contribution in [3.8, 4) is 0 Å². The minimum Gasteiger partial charge on any atom is -0.320 e.